The summed E-state index contributed by atoms with van der Waals surface area (Å²) in [6.45, 7) is 3.94. The lowest BCUT2D eigenvalue weighted by Gasteiger charge is -2.22. The third-order valence-electron chi connectivity index (χ3n) is 2.59. The SMILES string of the molecule is C#CC(C)(C)NCC(O)c1ccc([N+](=O)[O-])cc1. The van der Waals surface area contributed by atoms with Crippen molar-refractivity contribution < 1.29 is 10.0 Å². The number of benzene rings is 1. The van der Waals surface area contributed by atoms with E-state index >= 15 is 0 Å². The van der Waals surface area contributed by atoms with E-state index in [2.05, 4.69) is 11.2 Å². The van der Waals surface area contributed by atoms with Crippen LogP contribution in [0.2, 0.25) is 0 Å². The van der Waals surface area contributed by atoms with Gasteiger partial charge in [-0.05, 0) is 31.5 Å². The molecule has 0 aliphatic carbocycles. The molecule has 96 valence electrons. The van der Waals surface area contributed by atoms with Crippen molar-refractivity contribution in [2.75, 3.05) is 6.54 Å². The molecule has 0 amide bonds. The Hall–Kier alpha value is -1.90. The fourth-order valence-electron chi connectivity index (χ4n) is 1.34. The molecular formula is C13H16N2O3. The van der Waals surface area contributed by atoms with Crippen molar-refractivity contribution in [2.45, 2.75) is 25.5 Å². The number of hydrogen-bond acceptors (Lipinski definition) is 4. The molecule has 0 aliphatic rings. The summed E-state index contributed by atoms with van der Waals surface area (Å²) in [5.41, 5.74) is 0.116. The summed E-state index contributed by atoms with van der Waals surface area (Å²) < 4.78 is 0. The average Bonchev–Trinajstić information content (AvgIpc) is 2.36. The van der Waals surface area contributed by atoms with Gasteiger partial charge in [-0.25, -0.2) is 0 Å². The van der Waals surface area contributed by atoms with Crippen molar-refractivity contribution in [2.24, 2.45) is 0 Å². The summed E-state index contributed by atoms with van der Waals surface area (Å²) in [6, 6.07) is 5.80. The van der Waals surface area contributed by atoms with Crippen molar-refractivity contribution >= 4 is 5.69 Å². The van der Waals surface area contributed by atoms with Gasteiger partial charge in [0.1, 0.15) is 0 Å². The maximum atomic E-state index is 10.5. The van der Waals surface area contributed by atoms with E-state index in [4.69, 9.17) is 6.42 Å². The van der Waals surface area contributed by atoms with Crippen molar-refractivity contribution in [1.29, 1.82) is 0 Å². The van der Waals surface area contributed by atoms with Crippen LogP contribution in [-0.4, -0.2) is 22.1 Å². The molecule has 1 rings (SSSR count). The number of rotatable bonds is 5. The van der Waals surface area contributed by atoms with Crippen LogP contribution in [0.5, 0.6) is 0 Å². The number of aliphatic hydroxyl groups excluding tert-OH is 1. The molecule has 1 atom stereocenters. The van der Waals surface area contributed by atoms with Crippen molar-refractivity contribution in [3.05, 3.63) is 39.9 Å². The predicted molar refractivity (Wildman–Crippen MR) is 69.0 cm³/mol. The Morgan fingerprint density at radius 3 is 2.50 bits per heavy atom. The molecule has 0 spiro atoms. The lowest BCUT2D eigenvalue weighted by Crippen LogP contribution is -2.40. The van der Waals surface area contributed by atoms with Crippen LogP contribution in [0, 0.1) is 22.5 Å². The maximum absolute atomic E-state index is 10.5. The second kappa shape index (κ2) is 5.63. The summed E-state index contributed by atoms with van der Waals surface area (Å²) in [6.07, 6.45) is 4.56. The summed E-state index contributed by atoms with van der Waals surface area (Å²) in [5, 5.41) is 23.4. The van der Waals surface area contributed by atoms with E-state index in [1.165, 1.54) is 24.3 Å². The summed E-state index contributed by atoms with van der Waals surface area (Å²) in [7, 11) is 0. The van der Waals surface area contributed by atoms with Gasteiger partial charge in [-0.3, -0.25) is 15.4 Å². The van der Waals surface area contributed by atoms with E-state index in [-0.39, 0.29) is 12.2 Å². The minimum atomic E-state index is -0.751. The number of nitro groups is 1. The summed E-state index contributed by atoms with van der Waals surface area (Å²) >= 11 is 0. The monoisotopic (exact) mass is 248 g/mol. The second-order valence-electron chi connectivity index (χ2n) is 4.51. The van der Waals surface area contributed by atoms with Crippen LogP contribution >= 0.6 is 0 Å². The number of non-ortho nitro benzene ring substituents is 1. The molecule has 0 aromatic heterocycles. The van der Waals surface area contributed by atoms with E-state index in [0.717, 1.165) is 0 Å². The number of aliphatic hydroxyl groups is 1. The Bertz CT molecular complexity index is 460. The molecule has 5 nitrogen and oxygen atoms in total. The second-order valence-corrected chi connectivity index (χ2v) is 4.51. The molecule has 0 bridgehead atoms. The smallest absolute Gasteiger partial charge is 0.269 e. The van der Waals surface area contributed by atoms with Crippen LogP contribution in [0.3, 0.4) is 0 Å². The molecule has 18 heavy (non-hydrogen) atoms. The van der Waals surface area contributed by atoms with Gasteiger partial charge in [0.2, 0.25) is 0 Å². The van der Waals surface area contributed by atoms with Crippen molar-refractivity contribution in [3.8, 4) is 12.3 Å². The van der Waals surface area contributed by atoms with Crippen molar-refractivity contribution in [1.82, 2.24) is 5.32 Å². The van der Waals surface area contributed by atoms with Crippen LogP contribution in [0.15, 0.2) is 24.3 Å². The molecule has 0 heterocycles. The first-order chi connectivity index (χ1) is 8.35. The van der Waals surface area contributed by atoms with Crippen LogP contribution in [0.25, 0.3) is 0 Å². The molecule has 1 unspecified atom stereocenters. The number of terminal acetylenes is 1. The molecule has 0 aliphatic heterocycles. The van der Waals surface area contributed by atoms with Gasteiger partial charge in [0.15, 0.2) is 0 Å². The summed E-state index contributed by atoms with van der Waals surface area (Å²) in [4.78, 5) is 10.0. The molecule has 1 aromatic carbocycles. The van der Waals surface area contributed by atoms with E-state index in [1.54, 1.807) is 0 Å². The molecule has 0 radical (unpaired) electrons. The Morgan fingerprint density at radius 1 is 1.50 bits per heavy atom. The van der Waals surface area contributed by atoms with Gasteiger partial charge in [-0.2, -0.15) is 0 Å². The predicted octanol–water partition coefficient (Wildman–Crippen LogP) is 1.63. The highest BCUT2D eigenvalue weighted by atomic mass is 16.6. The zero-order valence-electron chi connectivity index (χ0n) is 10.4. The van der Waals surface area contributed by atoms with Gasteiger partial charge >= 0.3 is 0 Å². The van der Waals surface area contributed by atoms with Gasteiger partial charge in [0, 0.05) is 18.7 Å². The van der Waals surface area contributed by atoms with E-state index in [0.29, 0.717) is 5.56 Å². The Labute approximate surface area is 106 Å². The number of nitrogens with one attached hydrogen (secondary N) is 1. The number of hydrogen-bond donors (Lipinski definition) is 2. The number of nitro benzene ring substituents is 1. The van der Waals surface area contributed by atoms with E-state index in [1.807, 2.05) is 13.8 Å². The van der Waals surface area contributed by atoms with Gasteiger partial charge in [0.25, 0.3) is 5.69 Å². The third kappa shape index (κ3) is 3.84. The normalized spacial score (nSPS) is 12.8. The molecular weight excluding hydrogens is 232 g/mol. The largest absolute Gasteiger partial charge is 0.387 e. The van der Waals surface area contributed by atoms with Gasteiger partial charge in [0.05, 0.1) is 16.6 Å². The van der Waals surface area contributed by atoms with Crippen LogP contribution in [0.1, 0.15) is 25.5 Å². The maximum Gasteiger partial charge on any atom is 0.269 e. The first-order valence-corrected chi connectivity index (χ1v) is 5.51. The highest BCUT2D eigenvalue weighted by Gasteiger charge is 2.16. The standard InChI is InChI=1S/C13H16N2O3/c1-4-13(2,3)14-9-12(16)10-5-7-11(8-6-10)15(17)18/h1,5-8,12,14,16H,9H2,2-3H3. The lowest BCUT2D eigenvalue weighted by atomic mass is 10.0. The van der Waals surface area contributed by atoms with Crippen molar-refractivity contribution in [3.63, 3.8) is 0 Å². The van der Waals surface area contributed by atoms with Crippen LogP contribution < -0.4 is 5.32 Å². The first-order valence-electron chi connectivity index (χ1n) is 5.51. The van der Waals surface area contributed by atoms with E-state index in [9.17, 15) is 15.2 Å². The van der Waals surface area contributed by atoms with Gasteiger partial charge in [-0.15, -0.1) is 6.42 Å². The highest BCUT2D eigenvalue weighted by Crippen LogP contribution is 2.17. The molecule has 0 saturated carbocycles. The fourth-order valence-corrected chi connectivity index (χ4v) is 1.34. The molecule has 1 aromatic rings. The van der Waals surface area contributed by atoms with Gasteiger partial charge < -0.3 is 5.11 Å². The Kier molecular flexibility index (Phi) is 4.43. The lowest BCUT2D eigenvalue weighted by molar-refractivity contribution is -0.384. The fraction of sp³-hybridized carbons (Fsp3) is 0.385. The zero-order chi connectivity index (χ0) is 13.8. The quantitative estimate of drug-likeness (QED) is 0.472. The molecule has 2 N–H and O–H groups in total. The minimum Gasteiger partial charge on any atom is -0.387 e. The molecule has 5 heteroatoms. The van der Waals surface area contributed by atoms with E-state index < -0.39 is 16.6 Å². The molecule has 0 saturated heterocycles. The Morgan fingerprint density at radius 2 is 2.06 bits per heavy atom. The van der Waals surface area contributed by atoms with Crippen LogP contribution in [-0.2, 0) is 0 Å². The van der Waals surface area contributed by atoms with Gasteiger partial charge in [-0.1, -0.05) is 5.92 Å². The number of nitrogens with zero attached hydrogens (tertiary/aromatic N) is 1. The average molecular weight is 248 g/mol. The Balaban J connectivity index is 2.65. The summed E-state index contributed by atoms with van der Waals surface area (Å²) in [5.74, 6) is 2.56. The topological polar surface area (TPSA) is 75.4 Å². The highest BCUT2D eigenvalue weighted by molar-refractivity contribution is 5.33. The first kappa shape index (κ1) is 14.2. The third-order valence-corrected chi connectivity index (χ3v) is 2.59. The zero-order valence-corrected chi connectivity index (χ0v) is 10.4. The minimum absolute atomic E-state index is 0.00265. The van der Waals surface area contributed by atoms with Crippen LogP contribution in [0.4, 0.5) is 5.69 Å². The number of β-amino-alcohol motifs (C(OH)–C–C–N with tert-alkyl or cyclic N) is 1. The molecule has 0 fully saturated rings.